The third-order valence-electron chi connectivity index (χ3n) is 7.01. The monoisotopic (exact) mass is 567 g/mol. The van der Waals surface area contributed by atoms with Crippen LogP contribution in [0.4, 0.5) is 20.3 Å². The van der Waals surface area contributed by atoms with Crippen molar-refractivity contribution in [1.82, 2.24) is 9.29 Å². The van der Waals surface area contributed by atoms with E-state index in [0.717, 1.165) is 6.07 Å². The Kier molecular flexibility index (Phi) is 7.44. The van der Waals surface area contributed by atoms with Crippen LogP contribution in [0, 0.1) is 0 Å². The van der Waals surface area contributed by atoms with E-state index >= 15 is 8.78 Å². The predicted molar refractivity (Wildman–Crippen MR) is 139 cm³/mol. The van der Waals surface area contributed by atoms with E-state index in [1.807, 2.05) is 0 Å². The van der Waals surface area contributed by atoms with Crippen molar-refractivity contribution in [2.24, 2.45) is 5.73 Å². The van der Waals surface area contributed by atoms with Gasteiger partial charge in [0.2, 0.25) is 15.9 Å². The summed E-state index contributed by atoms with van der Waals surface area (Å²) in [5, 5.41) is -0.0579. The zero-order chi connectivity index (χ0) is 27.1. The van der Waals surface area contributed by atoms with Crippen LogP contribution in [0.5, 0.6) is 0 Å². The third kappa shape index (κ3) is 5.28. The van der Waals surface area contributed by atoms with Gasteiger partial charge in [-0.1, -0.05) is 17.7 Å². The molecule has 0 spiro atoms. The molecule has 0 saturated carbocycles. The van der Waals surface area contributed by atoms with Crippen molar-refractivity contribution >= 4 is 39.0 Å². The summed E-state index contributed by atoms with van der Waals surface area (Å²) in [6, 6.07) is 8.40. The largest absolute Gasteiger partial charge is 0.377 e. The highest BCUT2D eigenvalue weighted by Gasteiger charge is 2.38. The van der Waals surface area contributed by atoms with Gasteiger partial charge in [0.25, 0.3) is 5.92 Å². The molecule has 0 bridgehead atoms. The van der Waals surface area contributed by atoms with Crippen molar-refractivity contribution in [3.63, 3.8) is 0 Å². The molecule has 1 aromatic carbocycles. The van der Waals surface area contributed by atoms with Crippen molar-refractivity contribution in [3.8, 4) is 0 Å². The number of carbonyl (C=O) groups excluding carboxylic acids is 1. The number of ether oxygens (including phenoxy) is 1. The van der Waals surface area contributed by atoms with E-state index in [4.69, 9.17) is 22.1 Å². The maximum atomic E-state index is 15.2. The van der Waals surface area contributed by atoms with Crippen molar-refractivity contribution in [2.45, 2.75) is 29.7 Å². The van der Waals surface area contributed by atoms with Crippen molar-refractivity contribution < 1.29 is 26.7 Å². The quantitative estimate of drug-likeness (QED) is 0.422. The fourth-order valence-electron chi connectivity index (χ4n) is 4.91. The standard InChI is InChI=1S/C25H28ClF2N5O4S/c26-22-13-18(25(27,28)17-5-11-37-12-6-17)14-23(30-22)31-7-9-32(10-8-31)38(35,36)21-3-1-20(2-4-21)33-16-19(29)15-24(33)34/h1-5,13-14,19H,6-12,15-16,29H2. The van der Waals surface area contributed by atoms with Gasteiger partial charge in [-0.3, -0.25) is 4.79 Å². The minimum absolute atomic E-state index is 0.0177. The Morgan fingerprint density at radius 1 is 1.11 bits per heavy atom. The number of aromatic nitrogens is 1. The van der Waals surface area contributed by atoms with E-state index in [0.29, 0.717) is 12.2 Å². The fourth-order valence-corrected chi connectivity index (χ4v) is 6.54. The Bertz CT molecular complexity index is 1350. The van der Waals surface area contributed by atoms with Gasteiger partial charge in [-0.25, -0.2) is 13.4 Å². The van der Waals surface area contributed by atoms with Gasteiger partial charge in [-0.15, -0.1) is 0 Å². The molecule has 5 rings (SSSR count). The normalized spacial score (nSPS) is 21.6. The highest BCUT2D eigenvalue weighted by molar-refractivity contribution is 7.89. The number of rotatable bonds is 6. The summed E-state index contributed by atoms with van der Waals surface area (Å²) < 4.78 is 63.4. The molecule has 4 heterocycles. The first-order chi connectivity index (χ1) is 18.1. The van der Waals surface area contributed by atoms with Gasteiger partial charge >= 0.3 is 0 Å². The van der Waals surface area contributed by atoms with E-state index in [1.54, 1.807) is 21.9 Å². The van der Waals surface area contributed by atoms with Gasteiger partial charge in [0.1, 0.15) is 11.0 Å². The molecule has 9 nitrogen and oxygen atoms in total. The topological polar surface area (TPSA) is 109 Å². The van der Waals surface area contributed by atoms with Gasteiger partial charge in [-0.05, 0) is 42.8 Å². The number of nitrogens with two attached hydrogens (primary N) is 1. The molecular weight excluding hydrogens is 540 g/mol. The van der Waals surface area contributed by atoms with Crippen LogP contribution in [0.2, 0.25) is 5.15 Å². The van der Waals surface area contributed by atoms with Crippen LogP contribution < -0.4 is 15.5 Å². The first kappa shape index (κ1) is 26.9. The zero-order valence-corrected chi connectivity index (χ0v) is 22.1. The number of carbonyl (C=O) groups is 1. The zero-order valence-electron chi connectivity index (χ0n) is 20.5. The Hall–Kier alpha value is -2.64. The number of nitrogens with zero attached hydrogens (tertiary/aromatic N) is 4. The number of anilines is 2. The van der Waals surface area contributed by atoms with Gasteiger partial charge in [0, 0.05) is 62.0 Å². The number of benzene rings is 1. The first-order valence-electron chi connectivity index (χ1n) is 12.3. The van der Waals surface area contributed by atoms with Crippen LogP contribution in [-0.4, -0.2) is 75.6 Å². The Morgan fingerprint density at radius 2 is 1.82 bits per heavy atom. The molecule has 1 unspecified atom stereocenters. The molecule has 1 amide bonds. The van der Waals surface area contributed by atoms with Crippen LogP contribution in [0.15, 0.2) is 52.9 Å². The van der Waals surface area contributed by atoms with Crippen molar-refractivity contribution in [3.05, 3.63) is 58.8 Å². The summed E-state index contributed by atoms with van der Waals surface area (Å²) in [4.78, 5) is 19.7. The van der Waals surface area contributed by atoms with Crippen LogP contribution in [-0.2, 0) is 25.5 Å². The maximum Gasteiger partial charge on any atom is 0.294 e. The lowest BCUT2D eigenvalue weighted by atomic mass is 9.97. The molecular formula is C25H28ClF2N5O4S. The first-order valence-corrected chi connectivity index (χ1v) is 14.1. The summed E-state index contributed by atoms with van der Waals surface area (Å²) in [7, 11) is -3.79. The number of alkyl halides is 2. The minimum atomic E-state index is -3.79. The van der Waals surface area contributed by atoms with E-state index < -0.39 is 15.9 Å². The van der Waals surface area contributed by atoms with Crippen molar-refractivity contribution in [2.75, 3.05) is 55.7 Å². The van der Waals surface area contributed by atoms with Crippen LogP contribution in [0.25, 0.3) is 0 Å². The lowest BCUT2D eigenvalue weighted by molar-refractivity contribution is -0.117. The van der Waals surface area contributed by atoms with E-state index in [1.165, 1.54) is 28.6 Å². The second-order valence-electron chi connectivity index (χ2n) is 9.52. The second kappa shape index (κ2) is 10.5. The average molecular weight is 568 g/mol. The molecule has 2 fully saturated rings. The molecule has 3 aliphatic rings. The van der Waals surface area contributed by atoms with Crippen LogP contribution in [0.3, 0.4) is 0 Å². The van der Waals surface area contributed by atoms with Gasteiger partial charge < -0.3 is 20.3 Å². The number of sulfonamides is 1. The fraction of sp³-hybridized carbons (Fsp3) is 0.440. The van der Waals surface area contributed by atoms with Gasteiger partial charge in [-0.2, -0.15) is 13.1 Å². The van der Waals surface area contributed by atoms with E-state index in [-0.39, 0.29) is 91.2 Å². The molecule has 0 aliphatic carbocycles. The summed E-state index contributed by atoms with van der Waals surface area (Å²) in [6.45, 7) is 1.57. The van der Waals surface area contributed by atoms with Crippen molar-refractivity contribution in [1.29, 1.82) is 0 Å². The summed E-state index contributed by atoms with van der Waals surface area (Å²) in [5.41, 5.74) is 6.18. The summed E-state index contributed by atoms with van der Waals surface area (Å²) in [5.74, 6) is -3.04. The molecule has 1 atom stereocenters. The molecule has 3 aliphatic heterocycles. The Labute approximate surface area is 224 Å². The third-order valence-corrected chi connectivity index (χ3v) is 9.12. The number of hydrogen-bond acceptors (Lipinski definition) is 7. The van der Waals surface area contributed by atoms with Crippen LogP contribution in [0.1, 0.15) is 18.4 Å². The number of hydrogen-bond donors (Lipinski definition) is 1. The van der Waals surface area contributed by atoms with E-state index in [9.17, 15) is 13.2 Å². The molecule has 0 radical (unpaired) electrons. The number of pyridine rings is 1. The second-order valence-corrected chi connectivity index (χ2v) is 11.8. The lowest BCUT2D eigenvalue weighted by Crippen LogP contribution is -2.49. The molecule has 2 N–H and O–H groups in total. The van der Waals surface area contributed by atoms with Gasteiger partial charge in [0.05, 0.1) is 18.1 Å². The number of amides is 1. The Morgan fingerprint density at radius 3 is 2.42 bits per heavy atom. The molecule has 1 aromatic heterocycles. The summed E-state index contributed by atoms with van der Waals surface area (Å²) in [6.07, 6.45) is 1.78. The highest BCUT2D eigenvalue weighted by Crippen LogP contribution is 2.40. The minimum Gasteiger partial charge on any atom is -0.377 e. The smallest absolute Gasteiger partial charge is 0.294 e. The molecule has 204 valence electrons. The van der Waals surface area contributed by atoms with Crippen LogP contribution >= 0.6 is 11.6 Å². The number of piperazine rings is 1. The molecule has 38 heavy (non-hydrogen) atoms. The lowest BCUT2D eigenvalue weighted by Gasteiger charge is -2.35. The Balaban J connectivity index is 1.28. The summed E-state index contributed by atoms with van der Waals surface area (Å²) >= 11 is 6.12. The maximum absolute atomic E-state index is 15.2. The number of halogens is 3. The SMILES string of the molecule is NC1CC(=O)N(c2ccc(S(=O)(=O)N3CCN(c4cc(C(F)(F)C5=CCOCC5)cc(Cl)n4)CC3)cc2)C1. The van der Waals surface area contributed by atoms with E-state index in [2.05, 4.69) is 4.98 Å². The van der Waals surface area contributed by atoms with Gasteiger partial charge in [0.15, 0.2) is 0 Å². The predicted octanol–water partition coefficient (Wildman–Crippen LogP) is 2.75. The highest BCUT2D eigenvalue weighted by atomic mass is 35.5. The molecule has 2 aromatic rings. The molecule has 2 saturated heterocycles. The molecule has 13 heteroatoms. The average Bonchev–Trinajstić information content (AvgIpc) is 3.26.